The summed E-state index contributed by atoms with van der Waals surface area (Å²) in [5.74, 6) is 6.18. The Labute approximate surface area is 96.1 Å². The molecule has 0 aromatic carbocycles. The number of nitrogens with one attached hydrogen (secondary N) is 1. The highest BCUT2D eigenvalue weighted by atomic mass is 15.3. The molecule has 0 saturated carbocycles. The average Bonchev–Trinajstić information content (AvgIpc) is 2.30. The zero-order valence-corrected chi connectivity index (χ0v) is 10.1. The minimum Gasteiger partial charge on any atom is -0.308 e. The molecular weight excluding hydrogens is 202 g/mol. The van der Waals surface area contributed by atoms with Crippen LogP contribution in [0.5, 0.6) is 0 Å². The second kappa shape index (κ2) is 6.17. The van der Waals surface area contributed by atoms with Gasteiger partial charge in [-0.05, 0) is 25.8 Å². The molecule has 0 aliphatic heterocycles. The van der Waals surface area contributed by atoms with E-state index in [0.29, 0.717) is 5.84 Å². The Morgan fingerprint density at radius 3 is 2.75 bits per heavy atom. The number of hydrazine groups is 1. The summed E-state index contributed by atoms with van der Waals surface area (Å²) in [4.78, 5) is 4.39. The Kier molecular flexibility index (Phi) is 4.85. The van der Waals surface area contributed by atoms with Crippen LogP contribution in [0.25, 0.3) is 0 Å². The smallest absolute Gasteiger partial charge is 0.144 e. The summed E-state index contributed by atoms with van der Waals surface area (Å²) in [6.07, 6.45) is 1.81. The van der Waals surface area contributed by atoms with Gasteiger partial charge >= 0.3 is 0 Å². The number of aliphatic imine (C=N–C) groups is 1. The Morgan fingerprint density at radius 1 is 1.44 bits per heavy atom. The molecule has 0 radical (unpaired) electrons. The van der Waals surface area contributed by atoms with Crippen LogP contribution in [-0.4, -0.2) is 22.6 Å². The van der Waals surface area contributed by atoms with Gasteiger partial charge in [-0.15, -0.1) is 0 Å². The van der Waals surface area contributed by atoms with E-state index >= 15 is 0 Å². The third-order valence-corrected chi connectivity index (χ3v) is 2.21. The lowest BCUT2D eigenvalue weighted by Crippen LogP contribution is -2.32. The first kappa shape index (κ1) is 12.6. The lowest BCUT2D eigenvalue weighted by Gasteiger charge is -2.09. The Bertz CT molecular complexity index is 373. The number of nitrogens with two attached hydrogens (primary N) is 1. The van der Waals surface area contributed by atoms with Gasteiger partial charge in [0.05, 0.1) is 11.4 Å². The van der Waals surface area contributed by atoms with Gasteiger partial charge in [0.25, 0.3) is 0 Å². The van der Waals surface area contributed by atoms with Crippen molar-refractivity contribution in [3.8, 4) is 0 Å². The van der Waals surface area contributed by atoms with Crippen molar-refractivity contribution in [2.75, 3.05) is 6.54 Å². The summed E-state index contributed by atoms with van der Waals surface area (Å²) in [6, 6.07) is 1.96. The molecule has 0 fully saturated rings. The molecule has 0 unspecified atom stereocenters. The van der Waals surface area contributed by atoms with Crippen molar-refractivity contribution in [2.45, 2.75) is 33.6 Å². The molecule has 0 saturated heterocycles. The van der Waals surface area contributed by atoms with E-state index in [1.165, 1.54) is 0 Å². The van der Waals surface area contributed by atoms with E-state index in [1.54, 1.807) is 0 Å². The number of nitrogens with zero attached hydrogens (tertiary/aromatic N) is 3. The molecule has 0 bridgehead atoms. The topological polar surface area (TPSA) is 76.2 Å². The zero-order chi connectivity index (χ0) is 12.0. The first-order valence-corrected chi connectivity index (χ1v) is 5.57. The Morgan fingerprint density at radius 2 is 2.19 bits per heavy atom. The summed E-state index contributed by atoms with van der Waals surface area (Å²) < 4.78 is 0. The molecule has 16 heavy (non-hydrogen) atoms. The molecule has 1 heterocycles. The molecular formula is C11H19N5. The maximum atomic E-state index is 5.49. The van der Waals surface area contributed by atoms with Crippen LogP contribution >= 0.6 is 0 Å². The highest BCUT2D eigenvalue weighted by Gasteiger charge is 2.09. The van der Waals surface area contributed by atoms with Crippen molar-refractivity contribution in [1.82, 2.24) is 15.6 Å². The highest BCUT2D eigenvalue weighted by Crippen LogP contribution is 2.08. The first-order chi connectivity index (χ1) is 7.72. The standard InChI is InChI=1S/C11H19N5/c1-4-6-13-11(14-12)9-7-8(3)15-16-10(9)5-2/h7H,4-6,12H2,1-3H3,(H,13,14). The van der Waals surface area contributed by atoms with Crippen LogP contribution in [-0.2, 0) is 6.42 Å². The van der Waals surface area contributed by atoms with Gasteiger partial charge in [-0.1, -0.05) is 13.8 Å². The molecule has 5 nitrogen and oxygen atoms in total. The van der Waals surface area contributed by atoms with E-state index in [9.17, 15) is 0 Å². The van der Waals surface area contributed by atoms with Crippen molar-refractivity contribution in [1.29, 1.82) is 0 Å². The van der Waals surface area contributed by atoms with Crippen molar-refractivity contribution >= 4 is 5.84 Å². The van der Waals surface area contributed by atoms with Gasteiger partial charge in [0.1, 0.15) is 5.84 Å². The van der Waals surface area contributed by atoms with Crippen LogP contribution in [0.15, 0.2) is 11.1 Å². The summed E-state index contributed by atoms with van der Waals surface area (Å²) >= 11 is 0. The summed E-state index contributed by atoms with van der Waals surface area (Å²) in [5, 5.41) is 8.18. The van der Waals surface area contributed by atoms with Crippen molar-refractivity contribution in [3.63, 3.8) is 0 Å². The maximum absolute atomic E-state index is 5.49. The van der Waals surface area contributed by atoms with Crippen LogP contribution in [0.3, 0.4) is 0 Å². The minimum atomic E-state index is 0.691. The molecule has 88 valence electrons. The summed E-state index contributed by atoms with van der Waals surface area (Å²) in [7, 11) is 0. The van der Waals surface area contributed by atoms with Crippen LogP contribution in [0.1, 0.15) is 37.2 Å². The molecule has 0 spiro atoms. The van der Waals surface area contributed by atoms with E-state index in [4.69, 9.17) is 5.84 Å². The van der Waals surface area contributed by atoms with E-state index in [1.807, 2.05) is 19.9 Å². The zero-order valence-electron chi connectivity index (χ0n) is 10.1. The second-order valence-electron chi connectivity index (χ2n) is 3.57. The van der Waals surface area contributed by atoms with E-state index in [0.717, 1.165) is 36.3 Å². The maximum Gasteiger partial charge on any atom is 0.144 e. The molecule has 0 amide bonds. The van der Waals surface area contributed by atoms with Gasteiger partial charge in [-0.3, -0.25) is 4.99 Å². The van der Waals surface area contributed by atoms with Crippen LogP contribution in [0.2, 0.25) is 0 Å². The summed E-state index contributed by atoms with van der Waals surface area (Å²) in [5.41, 5.74) is 5.37. The number of hydrogen-bond donors (Lipinski definition) is 2. The molecule has 1 rings (SSSR count). The van der Waals surface area contributed by atoms with Gasteiger partial charge in [0.15, 0.2) is 0 Å². The van der Waals surface area contributed by atoms with Crippen molar-refractivity contribution in [3.05, 3.63) is 23.0 Å². The first-order valence-electron chi connectivity index (χ1n) is 5.57. The van der Waals surface area contributed by atoms with Crippen LogP contribution in [0.4, 0.5) is 0 Å². The number of amidine groups is 1. The molecule has 5 heteroatoms. The quantitative estimate of drug-likeness (QED) is 0.344. The molecule has 0 aliphatic carbocycles. The van der Waals surface area contributed by atoms with Gasteiger partial charge in [0.2, 0.25) is 0 Å². The van der Waals surface area contributed by atoms with E-state index in [-0.39, 0.29) is 0 Å². The number of aromatic nitrogens is 2. The average molecular weight is 221 g/mol. The third kappa shape index (κ3) is 3.00. The molecule has 0 aliphatic rings. The van der Waals surface area contributed by atoms with Crippen LogP contribution in [0, 0.1) is 6.92 Å². The van der Waals surface area contributed by atoms with Gasteiger partial charge in [-0.25, -0.2) is 5.84 Å². The monoisotopic (exact) mass is 221 g/mol. The number of aryl methyl sites for hydroxylation is 2. The second-order valence-corrected chi connectivity index (χ2v) is 3.57. The van der Waals surface area contributed by atoms with Gasteiger partial charge in [-0.2, -0.15) is 10.2 Å². The van der Waals surface area contributed by atoms with E-state index in [2.05, 4.69) is 27.5 Å². The fraction of sp³-hybridized carbons (Fsp3) is 0.545. The third-order valence-electron chi connectivity index (χ3n) is 2.21. The van der Waals surface area contributed by atoms with Crippen LogP contribution < -0.4 is 11.3 Å². The SMILES string of the molecule is CCCN=C(NN)c1cc(C)nnc1CC. The van der Waals surface area contributed by atoms with Gasteiger partial charge < -0.3 is 5.43 Å². The Balaban J connectivity index is 3.12. The predicted octanol–water partition coefficient (Wildman–Crippen LogP) is 0.967. The predicted molar refractivity (Wildman–Crippen MR) is 65.2 cm³/mol. The number of hydrogen-bond acceptors (Lipinski definition) is 4. The molecule has 0 atom stereocenters. The summed E-state index contributed by atoms with van der Waals surface area (Å²) in [6.45, 7) is 6.78. The highest BCUT2D eigenvalue weighted by molar-refractivity contribution is 5.99. The largest absolute Gasteiger partial charge is 0.308 e. The number of rotatable bonds is 4. The Hall–Kier alpha value is -1.49. The fourth-order valence-electron chi connectivity index (χ4n) is 1.41. The molecule has 3 N–H and O–H groups in total. The molecule has 1 aromatic heterocycles. The lowest BCUT2D eigenvalue weighted by atomic mass is 10.1. The minimum absolute atomic E-state index is 0.691. The normalized spacial score (nSPS) is 11.6. The van der Waals surface area contributed by atoms with Gasteiger partial charge in [0, 0.05) is 12.1 Å². The fourth-order valence-corrected chi connectivity index (χ4v) is 1.41. The lowest BCUT2D eigenvalue weighted by molar-refractivity contribution is 0.870. The van der Waals surface area contributed by atoms with Crippen molar-refractivity contribution in [2.24, 2.45) is 10.8 Å². The molecule has 1 aromatic rings. The van der Waals surface area contributed by atoms with E-state index < -0.39 is 0 Å². The van der Waals surface area contributed by atoms with Crippen molar-refractivity contribution < 1.29 is 0 Å².